The van der Waals surface area contributed by atoms with Crippen LogP contribution < -0.4 is 20.9 Å². The molecule has 6 rings (SSSR count). The number of aromatic nitrogens is 2. The summed E-state index contributed by atoms with van der Waals surface area (Å²) in [6, 6.07) is 14.9. The lowest BCUT2D eigenvalue weighted by Gasteiger charge is -2.34. The van der Waals surface area contributed by atoms with Crippen molar-refractivity contribution in [1.29, 1.82) is 0 Å². The van der Waals surface area contributed by atoms with Crippen molar-refractivity contribution in [3.8, 4) is 11.3 Å². The number of anilines is 2. The van der Waals surface area contributed by atoms with E-state index in [9.17, 15) is 9.59 Å². The lowest BCUT2D eigenvalue weighted by atomic mass is 9.99. The molecule has 3 aromatic rings. The molecule has 8 nitrogen and oxygen atoms in total. The summed E-state index contributed by atoms with van der Waals surface area (Å²) in [5.41, 5.74) is 4.12. The van der Waals surface area contributed by atoms with Gasteiger partial charge >= 0.3 is 6.03 Å². The lowest BCUT2D eigenvalue weighted by Crippen LogP contribution is -2.52. The zero-order valence-electron chi connectivity index (χ0n) is 18.4. The molecule has 1 saturated heterocycles. The summed E-state index contributed by atoms with van der Waals surface area (Å²) in [5.74, 6) is -0.0586. The average Bonchev–Trinajstić information content (AvgIpc) is 3.25. The number of carbonyl (C=O) groups excluding carboxylic acids is 2. The van der Waals surface area contributed by atoms with E-state index in [1.165, 1.54) is 11.8 Å². The van der Waals surface area contributed by atoms with Crippen LogP contribution in [-0.4, -0.2) is 46.3 Å². The van der Waals surface area contributed by atoms with Crippen LogP contribution >= 0.6 is 11.8 Å². The van der Waals surface area contributed by atoms with E-state index >= 15 is 0 Å². The molecule has 172 valence electrons. The standard InChI is InChI=1S/C25H24N6O2S/c32-23(29-16-7-4-10-26-14-16)22-21-20-19(9-12-28-24(20)34-22)31(25(33)30-21)17-8-11-27-18(13-17)15-5-2-1-3-6-15/h1-3,5-6,8-9,11-13,16,21-22,26H,4,7,10,14H2,(H,29,32)(H,30,33)/t16?,21?,22-/m1/s1. The van der Waals surface area contributed by atoms with Crippen molar-refractivity contribution in [2.45, 2.75) is 35.2 Å². The summed E-state index contributed by atoms with van der Waals surface area (Å²) in [6.45, 7) is 1.76. The van der Waals surface area contributed by atoms with E-state index in [1.807, 2.05) is 48.5 Å². The van der Waals surface area contributed by atoms with Gasteiger partial charge in [-0.2, -0.15) is 0 Å². The van der Waals surface area contributed by atoms with Gasteiger partial charge in [0.25, 0.3) is 0 Å². The number of piperidine rings is 1. The predicted molar refractivity (Wildman–Crippen MR) is 131 cm³/mol. The Balaban J connectivity index is 1.32. The van der Waals surface area contributed by atoms with Crippen LogP contribution in [0.5, 0.6) is 0 Å². The SMILES string of the molecule is O=C(NC1CCCNC1)[C@@H]1Sc2nccc3c2C1NC(=O)N3c1ccnc(-c2ccccc2)c1. The van der Waals surface area contributed by atoms with E-state index in [-0.39, 0.29) is 18.0 Å². The highest BCUT2D eigenvalue weighted by atomic mass is 32.2. The number of carbonyl (C=O) groups is 2. The molecule has 5 heterocycles. The normalized spacial score (nSPS) is 23.2. The van der Waals surface area contributed by atoms with Gasteiger partial charge in [0.05, 0.1) is 23.1 Å². The third kappa shape index (κ3) is 3.70. The second-order valence-electron chi connectivity index (χ2n) is 8.67. The van der Waals surface area contributed by atoms with E-state index in [1.54, 1.807) is 17.3 Å². The molecular weight excluding hydrogens is 448 g/mol. The fraction of sp³-hybridized carbons (Fsp3) is 0.280. The Bertz CT molecular complexity index is 1250. The first-order chi connectivity index (χ1) is 16.7. The van der Waals surface area contributed by atoms with E-state index in [0.29, 0.717) is 5.69 Å². The highest BCUT2D eigenvalue weighted by molar-refractivity contribution is 8.01. The van der Waals surface area contributed by atoms with Gasteiger partial charge in [0.1, 0.15) is 10.3 Å². The second-order valence-corrected chi connectivity index (χ2v) is 9.80. The number of pyridine rings is 2. The van der Waals surface area contributed by atoms with Gasteiger partial charge in [0.15, 0.2) is 0 Å². The van der Waals surface area contributed by atoms with E-state index in [2.05, 4.69) is 25.9 Å². The quantitative estimate of drug-likeness (QED) is 0.538. The van der Waals surface area contributed by atoms with E-state index in [4.69, 9.17) is 0 Å². The first-order valence-electron chi connectivity index (χ1n) is 11.5. The summed E-state index contributed by atoms with van der Waals surface area (Å²) in [5, 5.41) is 9.90. The molecule has 0 radical (unpaired) electrons. The molecule has 0 saturated carbocycles. The number of benzene rings is 1. The van der Waals surface area contributed by atoms with Gasteiger partial charge in [-0.15, -0.1) is 0 Å². The number of amides is 3. The van der Waals surface area contributed by atoms with Crippen molar-refractivity contribution < 1.29 is 9.59 Å². The number of nitrogens with one attached hydrogen (secondary N) is 3. The minimum atomic E-state index is -0.450. The number of hydrogen-bond acceptors (Lipinski definition) is 6. The van der Waals surface area contributed by atoms with Crippen LogP contribution in [-0.2, 0) is 4.79 Å². The van der Waals surface area contributed by atoms with Gasteiger partial charge < -0.3 is 16.0 Å². The molecule has 0 aliphatic carbocycles. The minimum absolute atomic E-state index is 0.0586. The van der Waals surface area contributed by atoms with Crippen LogP contribution in [0.2, 0.25) is 0 Å². The molecule has 2 aromatic heterocycles. The molecule has 1 fully saturated rings. The van der Waals surface area contributed by atoms with Crippen LogP contribution in [0, 0.1) is 0 Å². The number of nitrogens with zero attached hydrogens (tertiary/aromatic N) is 3. The summed E-state index contributed by atoms with van der Waals surface area (Å²) >= 11 is 1.42. The van der Waals surface area contributed by atoms with Gasteiger partial charge in [0, 0.05) is 36.1 Å². The van der Waals surface area contributed by atoms with Crippen molar-refractivity contribution >= 4 is 35.1 Å². The Kier molecular flexibility index (Phi) is 5.43. The zero-order valence-corrected chi connectivity index (χ0v) is 19.2. The van der Waals surface area contributed by atoms with Crippen molar-refractivity contribution in [2.24, 2.45) is 0 Å². The molecule has 34 heavy (non-hydrogen) atoms. The van der Waals surface area contributed by atoms with Crippen LogP contribution in [0.3, 0.4) is 0 Å². The van der Waals surface area contributed by atoms with Gasteiger partial charge in [-0.25, -0.2) is 9.78 Å². The van der Waals surface area contributed by atoms with Gasteiger partial charge in [-0.05, 0) is 37.6 Å². The van der Waals surface area contributed by atoms with E-state index in [0.717, 1.165) is 53.5 Å². The Hall–Kier alpha value is -3.43. The van der Waals surface area contributed by atoms with Crippen molar-refractivity contribution in [3.05, 3.63) is 66.5 Å². The number of rotatable bonds is 4. The summed E-state index contributed by atoms with van der Waals surface area (Å²) in [4.78, 5) is 37.2. The molecule has 0 bridgehead atoms. The van der Waals surface area contributed by atoms with E-state index < -0.39 is 11.3 Å². The van der Waals surface area contributed by atoms with Gasteiger partial charge in [-0.3, -0.25) is 14.7 Å². The van der Waals surface area contributed by atoms with Crippen LogP contribution in [0.4, 0.5) is 16.2 Å². The van der Waals surface area contributed by atoms with Crippen LogP contribution in [0.15, 0.2) is 66.0 Å². The Morgan fingerprint density at radius 3 is 2.79 bits per heavy atom. The molecule has 1 aromatic carbocycles. The van der Waals surface area contributed by atoms with Gasteiger partial charge in [-0.1, -0.05) is 42.1 Å². The molecule has 3 atom stereocenters. The van der Waals surface area contributed by atoms with Crippen molar-refractivity contribution in [1.82, 2.24) is 25.9 Å². The van der Waals surface area contributed by atoms with Crippen molar-refractivity contribution in [2.75, 3.05) is 18.0 Å². The Morgan fingerprint density at radius 1 is 1.12 bits per heavy atom. The zero-order chi connectivity index (χ0) is 23.1. The highest BCUT2D eigenvalue weighted by Crippen LogP contribution is 2.50. The molecule has 9 heteroatoms. The maximum absolute atomic E-state index is 13.4. The topological polar surface area (TPSA) is 99.2 Å². The Morgan fingerprint density at radius 2 is 1.97 bits per heavy atom. The first kappa shape index (κ1) is 21.1. The maximum atomic E-state index is 13.4. The van der Waals surface area contributed by atoms with Crippen molar-refractivity contribution in [3.63, 3.8) is 0 Å². The molecule has 3 aliphatic heterocycles. The fourth-order valence-electron chi connectivity index (χ4n) is 4.87. The summed E-state index contributed by atoms with van der Waals surface area (Å²) < 4.78 is 0. The van der Waals surface area contributed by atoms with Crippen LogP contribution in [0.1, 0.15) is 24.4 Å². The highest BCUT2D eigenvalue weighted by Gasteiger charge is 2.46. The Labute approximate surface area is 201 Å². The second kappa shape index (κ2) is 8.73. The molecule has 3 N–H and O–H groups in total. The fourth-order valence-corrected chi connectivity index (χ4v) is 6.10. The number of thioether (sulfide) groups is 1. The van der Waals surface area contributed by atoms with Crippen LogP contribution in [0.25, 0.3) is 11.3 Å². The average molecular weight is 473 g/mol. The minimum Gasteiger partial charge on any atom is -0.351 e. The first-order valence-corrected chi connectivity index (χ1v) is 12.4. The third-order valence-corrected chi connectivity index (χ3v) is 7.77. The predicted octanol–water partition coefficient (Wildman–Crippen LogP) is 3.39. The lowest BCUT2D eigenvalue weighted by molar-refractivity contribution is -0.121. The van der Waals surface area contributed by atoms with Gasteiger partial charge in [0.2, 0.25) is 5.91 Å². The third-order valence-electron chi connectivity index (χ3n) is 6.48. The molecular formula is C25H24N6O2S. The molecule has 0 spiro atoms. The maximum Gasteiger partial charge on any atom is 0.327 e. The summed E-state index contributed by atoms with van der Waals surface area (Å²) in [6.07, 6.45) is 5.42. The molecule has 3 aliphatic rings. The number of hydrogen-bond donors (Lipinski definition) is 3. The smallest absolute Gasteiger partial charge is 0.327 e. The largest absolute Gasteiger partial charge is 0.351 e. The number of urea groups is 1. The monoisotopic (exact) mass is 472 g/mol. The summed E-state index contributed by atoms with van der Waals surface area (Å²) in [7, 11) is 0. The molecule has 3 amide bonds. The molecule has 2 unspecified atom stereocenters.